The average molecular weight is 267 g/mol. The maximum atomic E-state index is 11.1. The summed E-state index contributed by atoms with van der Waals surface area (Å²) in [7, 11) is 0. The Kier molecular flexibility index (Phi) is 4.31. The van der Waals surface area contributed by atoms with Crippen LogP contribution in [0.3, 0.4) is 0 Å². The van der Waals surface area contributed by atoms with E-state index >= 15 is 0 Å². The van der Waals surface area contributed by atoms with Crippen LogP contribution in [0.1, 0.15) is 40.4 Å². The van der Waals surface area contributed by atoms with Crippen LogP contribution in [0.5, 0.6) is 0 Å². The van der Waals surface area contributed by atoms with E-state index in [-0.39, 0.29) is 0 Å². The van der Waals surface area contributed by atoms with E-state index in [2.05, 4.69) is 18.0 Å². The van der Waals surface area contributed by atoms with Crippen LogP contribution < -0.4 is 0 Å². The second-order valence-corrected chi connectivity index (χ2v) is 4.60. The Labute approximate surface area is 118 Å². The highest BCUT2D eigenvalue weighted by Gasteiger charge is 2.11. The van der Waals surface area contributed by atoms with E-state index in [1.807, 2.05) is 25.1 Å². The quantitative estimate of drug-likeness (QED) is 0.913. The van der Waals surface area contributed by atoms with Crippen molar-refractivity contribution in [2.45, 2.75) is 20.3 Å². The summed E-state index contributed by atoms with van der Waals surface area (Å²) in [4.78, 5) is 15.3. The summed E-state index contributed by atoms with van der Waals surface area (Å²) in [6.07, 6.45) is 6.51. The van der Waals surface area contributed by atoms with Crippen molar-refractivity contribution in [3.63, 3.8) is 0 Å². The molecule has 0 bridgehead atoms. The van der Waals surface area contributed by atoms with Crippen LogP contribution in [0.2, 0.25) is 0 Å². The Hall–Kier alpha value is -2.42. The fourth-order valence-electron chi connectivity index (χ4n) is 2.15. The number of carboxylic acid groups (broad SMARTS) is 1. The van der Waals surface area contributed by atoms with Gasteiger partial charge < -0.3 is 5.11 Å². The van der Waals surface area contributed by atoms with E-state index < -0.39 is 5.97 Å². The molecule has 0 aliphatic heterocycles. The van der Waals surface area contributed by atoms with Crippen LogP contribution in [-0.2, 0) is 0 Å². The molecule has 20 heavy (non-hydrogen) atoms. The summed E-state index contributed by atoms with van der Waals surface area (Å²) in [5.41, 5.74) is 4.33. The third-order valence-corrected chi connectivity index (χ3v) is 3.16. The second-order valence-electron chi connectivity index (χ2n) is 4.60. The van der Waals surface area contributed by atoms with Crippen LogP contribution in [-0.4, -0.2) is 16.1 Å². The smallest absolute Gasteiger partial charge is 0.335 e. The van der Waals surface area contributed by atoms with E-state index in [1.54, 1.807) is 24.5 Å². The molecule has 1 aromatic heterocycles. The van der Waals surface area contributed by atoms with Crippen LogP contribution in [0.4, 0.5) is 0 Å². The third kappa shape index (κ3) is 2.94. The van der Waals surface area contributed by atoms with Crippen molar-refractivity contribution >= 4 is 11.5 Å². The van der Waals surface area contributed by atoms with E-state index in [0.29, 0.717) is 5.56 Å². The van der Waals surface area contributed by atoms with Gasteiger partial charge in [0.1, 0.15) is 0 Å². The van der Waals surface area contributed by atoms with E-state index in [1.165, 1.54) is 0 Å². The molecule has 2 aromatic rings. The zero-order valence-corrected chi connectivity index (χ0v) is 11.6. The zero-order chi connectivity index (χ0) is 14.5. The number of pyridine rings is 1. The Balaban J connectivity index is 2.59. The van der Waals surface area contributed by atoms with Gasteiger partial charge in [-0.05, 0) is 48.2 Å². The summed E-state index contributed by atoms with van der Waals surface area (Å²) in [5.74, 6) is -0.909. The summed E-state index contributed by atoms with van der Waals surface area (Å²) < 4.78 is 0. The van der Waals surface area contributed by atoms with Gasteiger partial charge >= 0.3 is 5.97 Å². The molecular formula is C17H17NO2. The van der Waals surface area contributed by atoms with E-state index in [0.717, 1.165) is 28.7 Å². The van der Waals surface area contributed by atoms with Crippen LogP contribution in [0.15, 0.2) is 48.8 Å². The molecule has 0 radical (unpaired) electrons. The number of nitrogens with zero attached hydrogens (tertiary/aromatic N) is 1. The number of aryl methyl sites for hydroxylation is 1. The lowest BCUT2D eigenvalue weighted by Crippen LogP contribution is -2.00. The molecule has 0 aliphatic rings. The van der Waals surface area contributed by atoms with Gasteiger partial charge in [-0.3, -0.25) is 4.98 Å². The molecule has 1 heterocycles. The molecule has 2 rings (SSSR count). The first kappa shape index (κ1) is 14.0. The SMILES string of the molecule is CC/C=C(/c1cccnc1)c1cc(C(=O)O)ccc1C. The minimum absolute atomic E-state index is 0.302. The Morgan fingerprint density at radius 3 is 2.70 bits per heavy atom. The minimum Gasteiger partial charge on any atom is -0.478 e. The number of aromatic carboxylic acids is 1. The van der Waals surface area contributed by atoms with Gasteiger partial charge in [-0.1, -0.05) is 25.1 Å². The first-order valence-corrected chi connectivity index (χ1v) is 6.58. The third-order valence-electron chi connectivity index (χ3n) is 3.16. The molecule has 0 atom stereocenters. The zero-order valence-electron chi connectivity index (χ0n) is 11.6. The number of rotatable bonds is 4. The Morgan fingerprint density at radius 1 is 1.30 bits per heavy atom. The maximum Gasteiger partial charge on any atom is 0.335 e. The van der Waals surface area contributed by atoms with Gasteiger partial charge in [0.25, 0.3) is 0 Å². The lowest BCUT2D eigenvalue weighted by molar-refractivity contribution is 0.0697. The van der Waals surface area contributed by atoms with Gasteiger partial charge in [0, 0.05) is 18.0 Å². The number of allylic oxidation sites excluding steroid dienone is 1. The van der Waals surface area contributed by atoms with Crippen LogP contribution in [0.25, 0.3) is 5.57 Å². The first-order chi connectivity index (χ1) is 9.63. The largest absolute Gasteiger partial charge is 0.478 e. The first-order valence-electron chi connectivity index (χ1n) is 6.58. The Bertz CT molecular complexity index is 645. The number of carbonyl (C=O) groups is 1. The van der Waals surface area contributed by atoms with Gasteiger partial charge in [-0.2, -0.15) is 0 Å². The van der Waals surface area contributed by atoms with E-state index in [9.17, 15) is 4.79 Å². The highest BCUT2D eigenvalue weighted by atomic mass is 16.4. The fourth-order valence-corrected chi connectivity index (χ4v) is 2.15. The number of aromatic nitrogens is 1. The van der Waals surface area contributed by atoms with Crippen molar-refractivity contribution in [3.8, 4) is 0 Å². The topological polar surface area (TPSA) is 50.2 Å². The number of hydrogen-bond acceptors (Lipinski definition) is 2. The van der Waals surface area contributed by atoms with E-state index in [4.69, 9.17) is 5.11 Å². The van der Waals surface area contributed by atoms with Gasteiger partial charge in [0.2, 0.25) is 0 Å². The van der Waals surface area contributed by atoms with Gasteiger partial charge in [-0.25, -0.2) is 4.79 Å². The monoisotopic (exact) mass is 267 g/mol. The van der Waals surface area contributed by atoms with Crippen molar-refractivity contribution in [1.82, 2.24) is 4.98 Å². The summed E-state index contributed by atoms with van der Waals surface area (Å²) in [6.45, 7) is 4.05. The molecular weight excluding hydrogens is 250 g/mol. The van der Waals surface area contributed by atoms with Crippen LogP contribution >= 0.6 is 0 Å². The molecule has 1 N–H and O–H groups in total. The van der Waals surface area contributed by atoms with Crippen LogP contribution in [0, 0.1) is 6.92 Å². The molecule has 0 saturated carbocycles. The van der Waals surface area contributed by atoms with Gasteiger partial charge in [0.15, 0.2) is 0 Å². The van der Waals surface area contributed by atoms with Crippen molar-refractivity contribution in [1.29, 1.82) is 0 Å². The second kappa shape index (κ2) is 6.15. The predicted octanol–water partition coefficient (Wildman–Crippen LogP) is 3.93. The average Bonchev–Trinajstić information content (AvgIpc) is 2.46. The van der Waals surface area contributed by atoms with Crippen molar-refractivity contribution in [2.24, 2.45) is 0 Å². The number of benzene rings is 1. The molecule has 0 unspecified atom stereocenters. The van der Waals surface area contributed by atoms with Gasteiger partial charge in [0.05, 0.1) is 5.56 Å². The molecule has 0 aliphatic carbocycles. The number of hydrogen-bond donors (Lipinski definition) is 1. The highest BCUT2D eigenvalue weighted by Crippen LogP contribution is 2.27. The molecule has 0 amide bonds. The molecule has 0 saturated heterocycles. The molecule has 3 nitrogen and oxygen atoms in total. The van der Waals surface area contributed by atoms with Gasteiger partial charge in [-0.15, -0.1) is 0 Å². The molecule has 0 fully saturated rings. The molecule has 102 valence electrons. The Morgan fingerprint density at radius 2 is 2.10 bits per heavy atom. The summed E-state index contributed by atoms with van der Waals surface area (Å²) in [6, 6.07) is 9.08. The standard InChI is InChI=1S/C17H17NO2/c1-3-5-15(14-6-4-9-18-11-14)16-10-13(17(19)20)8-7-12(16)2/h4-11H,3H2,1-2H3,(H,19,20)/b15-5-. The molecule has 0 spiro atoms. The lowest BCUT2D eigenvalue weighted by Gasteiger charge is -2.12. The summed E-state index contributed by atoms with van der Waals surface area (Å²) >= 11 is 0. The van der Waals surface area contributed by atoms with Crippen molar-refractivity contribution in [2.75, 3.05) is 0 Å². The molecule has 3 heteroatoms. The number of carboxylic acids is 1. The fraction of sp³-hybridized carbons (Fsp3) is 0.176. The highest BCUT2D eigenvalue weighted by molar-refractivity contribution is 5.91. The molecule has 1 aromatic carbocycles. The van der Waals surface area contributed by atoms with Crippen molar-refractivity contribution < 1.29 is 9.90 Å². The van der Waals surface area contributed by atoms with Crippen molar-refractivity contribution in [3.05, 3.63) is 71.1 Å². The lowest BCUT2D eigenvalue weighted by atomic mass is 9.93. The maximum absolute atomic E-state index is 11.1. The predicted molar refractivity (Wildman–Crippen MR) is 79.7 cm³/mol. The normalized spacial score (nSPS) is 11.4. The summed E-state index contributed by atoms with van der Waals surface area (Å²) in [5, 5.41) is 9.15. The minimum atomic E-state index is -0.909.